The van der Waals surface area contributed by atoms with Crippen LogP contribution in [0, 0.1) is 0 Å². The van der Waals surface area contributed by atoms with Gasteiger partial charge in [-0.05, 0) is 17.2 Å². The van der Waals surface area contributed by atoms with Crippen molar-refractivity contribution in [2.75, 3.05) is 0 Å². The molecule has 3 heteroatoms. The Kier molecular flexibility index (Phi) is 3.86. The molecule has 0 radical (unpaired) electrons. The smallest absolute Gasteiger partial charge is 0.150 e. The monoisotopic (exact) mass is 216 g/mol. The van der Waals surface area contributed by atoms with Gasteiger partial charge in [-0.3, -0.25) is 0 Å². The average Bonchev–Trinajstić information content (AvgIpc) is 2.05. The summed E-state index contributed by atoms with van der Waals surface area (Å²) in [6.45, 7) is 3.68. The molecule has 0 spiro atoms. The molecule has 0 nitrogen and oxygen atoms in total. The highest BCUT2D eigenvalue weighted by atomic mass is 35.7. The van der Waals surface area contributed by atoms with Gasteiger partial charge in [0.2, 0.25) is 7.42 Å². The molecule has 1 aromatic carbocycles. The van der Waals surface area contributed by atoms with E-state index in [-0.39, 0.29) is 0 Å². The summed E-state index contributed by atoms with van der Waals surface area (Å²) in [6.07, 6.45) is 1.82. The van der Waals surface area contributed by atoms with Crippen molar-refractivity contribution in [1.82, 2.24) is 0 Å². The maximum Gasteiger partial charge on any atom is 0.241 e. The Hall–Kier alpha value is -0.243. The Balaban J connectivity index is 2.71. The van der Waals surface area contributed by atoms with E-state index in [0.717, 1.165) is 11.6 Å². The van der Waals surface area contributed by atoms with E-state index in [2.05, 4.69) is 6.58 Å². The Bertz CT molecular complexity index is 254. The molecule has 0 atom stereocenters. The van der Waals surface area contributed by atoms with E-state index in [1.807, 2.05) is 30.3 Å². The predicted molar refractivity (Wildman–Crippen MR) is 59.1 cm³/mol. The first-order valence-corrected chi connectivity index (χ1v) is 8.02. The highest BCUT2D eigenvalue weighted by Crippen LogP contribution is 2.10. The Morgan fingerprint density at radius 1 is 1.25 bits per heavy atom. The summed E-state index contributed by atoms with van der Waals surface area (Å²) in [5.74, 6) is 0. The molecule has 0 aliphatic carbocycles. The zero-order valence-corrected chi connectivity index (χ0v) is 9.30. The van der Waals surface area contributed by atoms with Crippen molar-refractivity contribution in [3.63, 3.8) is 0 Å². The van der Waals surface area contributed by atoms with Crippen LogP contribution in [0.2, 0.25) is 0 Å². The molecule has 0 bridgehead atoms. The highest BCUT2D eigenvalue weighted by molar-refractivity contribution is 7.33. The lowest BCUT2D eigenvalue weighted by Gasteiger charge is -2.00. The summed E-state index contributed by atoms with van der Waals surface area (Å²) in [5.41, 5.74) is 2.34. The van der Waals surface area contributed by atoms with E-state index < -0.39 is 7.42 Å². The number of benzene rings is 1. The fourth-order valence-electron chi connectivity index (χ4n) is 0.968. The van der Waals surface area contributed by atoms with Gasteiger partial charge in [0, 0.05) is 0 Å². The zero-order chi connectivity index (χ0) is 8.97. The maximum atomic E-state index is 5.77. The van der Waals surface area contributed by atoms with Gasteiger partial charge in [-0.1, -0.05) is 36.9 Å². The van der Waals surface area contributed by atoms with Crippen molar-refractivity contribution in [1.29, 1.82) is 0 Å². The summed E-state index contributed by atoms with van der Waals surface area (Å²) >= 11 is 11.5. The van der Waals surface area contributed by atoms with Crippen molar-refractivity contribution < 1.29 is 0 Å². The number of hydrogen-bond acceptors (Lipinski definition) is 0. The molecule has 1 rings (SSSR count). The van der Waals surface area contributed by atoms with Crippen LogP contribution in [0.3, 0.4) is 0 Å². The van der Waals surface area contributed by atoms with Gasteiger partial charge in [-0.2, -0.15) is 0 Å². The summed E-state index contributed by atoms with van der Waals surface area (Å²) in [6, 6.07) is 8.96. The normalized spacial score (nSPS) is 10.2. The van der Waals surface area contributed by atoms with E-state index in [1.54, 1.807) is 0 Å². The van der Waals surface area contributed by atoms with Gasteiger partial charge in [0.1, 0.15) is 0 Å². The van der Waals surface area contributed by atoms with E-state index in [0.29, 0.717) is 0 Å². The molecule has 0 aromatic heterocycles. The molecule has 0 fully saturated rings. The Labute approximate surface area is 83.8 Å². The molecular weight excluding hydrogens is 207 g/mol. The van der Waals surface area contributed by atoms with Crippen molar-refractivity contribution >= 4 is 35.7 Å². The minimum absolute atomic E-state index is 0.834. The van der Waals surface area contributed by atoms with Crippen molar-refractivity contribution in [2.45, 2.75) is 6.04 Å². The number of rotatable bonds is 3. The molecule has 0 amide bonds. The lowest BCUT2D eigenvalue weighted by Crippen LogP contribution is -1.98. The molecule has 0 unspecified atom stereocenters. The maximum absolute atomic E-state index is 5.77. The van der Waals surface area contributed by atoms with Gasteiger partial charge in [-0.25, -0.2) is 0 Å². The van der Waals surface area contributed by atoms with E-state index in [1.165, 1.54) is 5.56 Å². The van der Waals surface area contributed by atoms with Gasteiger partial charge in [-0.15, -0.1) is 22.2 Å². The second-order valence-electron chi connectivity index (χ2n) is 2.54. The molecule has 0 aliphatic heterocycles. The first-order valence-electron chi connectivity index (χ1n) is 3.72. The Morgan fingerprint density at radius 2 is 1.83 bits per heavy atom. The fraction of sp³-hybridized carbons (Fsp3) is 0.111. The topological polar surface area (TPSA) is 0 Å². The number of halogens is 2. The second kappa shape index (κ2) is 4.70. The molecule has 0 heterocycles. The van der Waals surface area contributed by atoms with E-state index in [9.17, 15) is 0 Å². The molecule has 64 valence electrons. The van der Waals surface area contributed by atoms with Crippen molar-refractivity contribution in [2.24, 2.45) is 0 Å². The molecule has 0 N–H and O–H groups in total. The third-order valence-corrected chi connectivity index (χ3v) is 3.31. The second-order valence-corrected chi connectivity index (χ2v) is 7.56. The van der Waals surface area contributed by atoms with Gasteiger partial charge in [0.05, 0.1) is 0 Å². The third kappa shape index (κ3) is 3.01. The van der Waals surface area contributed by atoms with Crippen LogP contribution in [0.15, 0.2) is 30.8 Å². The van der Waals surface area contributed by atoms with Gasteiger partial charge in [0.15, 0.2) is 0 Å². The van der Waals surface area contributed by atoms with Crippen LogP contribution < -0.4 is 0 Å². The van der Waals surface area contributed by atoms with E-state index in [4.69, 9.17) is 22.2 Å². The predicted octanol–water partition coefficient (Wildman–Crippen LogP) is 3.11. The first-order chi connectivity index (χ1) is 5.72. The molecule has 1 aromatic rings. The van der Waals surface area contributed by atoms with Crippen molar-refractivity contribution in [3.8, 4) is 0 Å². The van der Waals surface area contributed by atoms with Crippen LogP contribution in [-0.2, 0) is 6.04 Å². The number of hydrogen-bond donors (Lipinski definition) is 0. The molecule has 0 aliphatic rings. The van der Waals surface area contributed by atoms with Crippen LogP contribution in [0.25, 0.3) is 6.08 Å². The van der Waals surface area contributed by atoms with Crippen molar-refractivity contribution in [3.05, 3.63) is 42.0 Å². The van der Waals surface area contributed by atoms with Crippen LogP contribution in [0.1, 0.15) is 11.1 Å². The lowest BCUT2D eigenvalue weighted by atomic mass is 10.1. The fourth-order valence-corrected chi connectivity index (χ4v) is 2.67. The van der Waals surface area contributed by atoms with Gasteiger partial charge >= 0.3 is 0 Å². The van der Waals surface area contributed by atoms with Crippen LogP contribution >= 0.6 is 22.2 Å². The summed E-state index contributed by atoms with van der Waals surface area (Å²) in [5, 5.41) is 0. The van der Waals surface area contributed by atoms with Gasteiger partial charge < -0.3 is 0 Å². The van der Waals surface area contributed by atoms with Crippen LogP contribution in [0.5, 0.6) is 0 Å². The third-order valence-electron chi connectivity index (χ3n) is 1.61. The average molecular weight is 217 g/mol. The van der Waals surface area contributed by atoms with Crippen LogP contribution in [0.4, 0.5) is 0 Å². The molecule has 0 saturated carbocycles. The molecule has 12 heavy (non-hydrogen) atoms. The summed E-state index contributed by atoms with van der Waals surface area (Å²) in [4.78, 5) is 0. The quantitative estimate of drug-likeness (QED) is 0.539. The minimum atomic E-state index is -1.50. The largest absolute Gasteiger partial charge is 0.241 e. The standard InChI is InChI=1S/C9H10Cl2Si/c1-2-8-3-5-9(6-4-8)7-12(10)11/h2-6,12H,1,7H2. The summed E-state index contributed by atoms with van der Waals surface area (Å²) < 4.78 is 0. The minimum Gasteiger partial charge on any atom is -0.150 e. The van der Waals surface area contributed by atoms with E-state index >= 15 is 0 Å². The highest BCUT2D eigenvalue weighted by Gasteiger charge is 2.02. The zero-order valence-electron chi connectivity index (χ0n) is 6.63. The lowest BCUT2D eigenvalue weighted by molar-refractivity contribution is 1.39. The van der Waals surface area contributed by atoms with Gasteiger partial charge in [0.25, 0.3) is 0 Å². The van der Waals surface area contributed by atoms with Crippen LogP contribution in [-0.4, -0.2) is 7.42 Å². The SMILES string of the molecule is C=Cc1ccc(C[SiH](Cl)Cl)cc1. The first kappa shape index (κ1) is 9.84. The molecular formula is C9H10Cl2Si. The Morgan fingerprint density at radius 3 is 2.25 bits per heavy atom. The summed E-state index contributed by atoms with van der Waals surface area (Å²) in [7, 11) is -1.50. The molecule has 0 saturated heterocycles.